The van der Waals surface area contributed by atoms with Gasteiger partial charge in [-0.1, -0.05) is 12.1 Å². The number of aryl methyl sites for hydroxylation is 1. The largest absolute Gasteiger partial charge is 0.332 e. The molecule has 0 N–H and O–H groups in total. The summed E-state index contributed by atoms with van der Waals surface area (Å²) in [6.07, 6.45) is 1.93. The van der Waals surface area contributed by atoms with E-state index in [2.05, 4.69) is 0 Å². The number of carbonyl (C=O) groups excluding carboxylic acids is 2. The lowest BCUT2D eigenvalue weighted by Crippen LogP contribution is -2.42. The molecule has 1 fully saturated rings. The molecule has 4 nitrogen and oxygen atoms in total. The van der Waals surface area contributed by atoms with Crippen molar-refractivity contribution < 1.29 is 14.0 Å². The van der Waals surface area contributed by atoms with Gasteiger partial charge in [0.1, 0.15) is 12.4 Å². The number of thiophene rings is 1. The van der Waals surface area contributed by atoms with Crippen molar-refractivity contribution in [3.05, 3.63) is 57.5 Å². The van der Waals surface area contributed by atoms with Crippen molar-refractivity contribution in [2.75, 3.05) is 6.54 Å². The first-order valence-corrected chi connectivity index (χ1v) is 9.59. The third-order valence-corrected chi connectivity index (χ3v) is 5.47. The summed E-state index contributed by atoms with van der Waals surface area (Å²) >= 11 is 1.66. The average Bonchev–Trinajstić information content (AvgIpc) is 3.35. The van der Waals surface area contributed by atoms with E-state index in [4.69, 9.17) is 0 Å². The highest BCUT2D eigenvalue weighted by Gasteiger charge is 2.33. The highest BCUT2D eigenvalue weighted by atomic mass is 32.1. The van der Waals surface area contributed by atoms with E-state index in [1.165, 1.54) is 23.9 Å². The Bertz CT molecular complexity index is 783. The molecule has 0 saturated heterocycles. The van der Waals surface area contributed by atoms with Crippen molar-refractivity contribution >= 4 is 23.2 Å². The number of rotatable bonds is 7. The highest BCUT2D eigenvalue weighted by Crippen LogP contribution is 2.27. The summed E-state index contributed by atoms with van der Waals surface area (Å²) in [5.41, 5.74) is 0.869. The van der Waals surface area contributed by atoms with Gasteiger partial charge in [-0.2, -0.15) is 0 Å². The Labute approximate surface area is 157 Å². The Morgan fingerprint density at radius 2 is 1.81 bits per heavy atom. The molecule has 0 bridgehead atoms. The van der Waals surface area contributed by atoms with E-state index in [-0.39, 0.29) is 30.2 Å². The normalized spacial score (nSPS) is 13.5. The summed E-state index contributed by atoms with van der Waals surface area (Å²) in [6, 6.07) is 10.4. The Morgan fingerprint density at radius 1 is 1.12 bits per heavy atom. The van der Waals surface area contributed by atoms with E-state index in [1.54, 1.807) is 33.3 Å². The first-order chi connectivity index (χ1) is 12.4. The molecule has 1 saturated carbocycles. The van der Waals surface area contributed by atoms with Crippen LogP contribution in [0.5, 0.6) is 0 Å². The van der Waals surface area contributed by atoms with Gasteiger partial charge in [0, 0.05) is 29.3 Å². The molecule has 26 heavy (non-hydrogen) atoms. The number of carbonyl (C=O) groups is 2. The average molecular weight is 374 g/mol. The predicted molar refractivity (Wildman–Crippen MR) is 100 cm³/mol. The van der Waals surface area contributed by atoms with Gasteiger partial charge in [0.2, 0.25) is 11.8 Å². The Hall–Kier alpha value is -2.21. The zero-order valence-electron chi connectivity index (χ0n) is 15.1. The smallest absolute Gasteiger partial charge is 0.242 e. The van der Waals surface area contributed by atoms with Crippen LogP contribution in [0.15, 0.2) is 36.4 Å². The molecular weight excluding hydrogens is 351 g/mol. The minimum absolute atomic E-state index is 0.0606. The maximum Gasteiger partial charge on any atom is 0.242 e. The van der Waals surface area contributed by atoms with E-state index in [1.807, 2.05) is 19.1 Å². The van der Waals surface area contributed by atoms with Crippen molar-refractivity contribution in [3.63, 3.8) is 0 Å². The van der Waals surface area contributed by atoms with Crippen molar-refractivity contribution in [1.82, 2.24) is 9.80 Å². The Kier molecular flexibility index (Phi) is 5.71. The topological polar surface area (TPSA) is 40.6 Å². The van der Waals surface area contributed by atoms with Gasteiger partial charge in [-0.05, 0) is 49.6 Å². The first-order valence-electron chi connectivity index (χ1n) is 8.77. The van der Waals surface area contributed by atoms with Crippen LogP contribution in [0.2, 0.25) is 0 Å². The molecule has 3 rings (SSSR count). The number of hydrogen-bond acceptors (Lipinski definition) is 3. The fourth-order valence-corrected chi connectivity index (χ4v) is 3.84. The van der Waals surface area contributed by atoms with Crippen LogP contribution in [0.4, 0.5) is 4.39 Å². The van der Waals surface area contributed by atoms with Gasteiger partial charge >= 0.3 is 0 Å². The van der Waals surface area contributed by atoms with Crippen LogP contribution in [-0.4, -0.2) is 34.2 Å². The molecule has 0 unspecified atom stereocenters. The molecule has 1 aromatic heterocycles. The SMILES string of the molecule is CC(=O)N(CC(=O)N(Cc1ccc(F)cc1)Cc1ccc(C)s1)C1CC1. The van der Waals surface area contributed by atoms with Crippen molar-refractivity contribution in [3.8, 4) is 0 Å². The zero-order chi connectivity index (χ0) is 18.7. The summed E-state index contributed by atoms with van der Waals surface area (Å²) in [5, 5.41) is 0. The number of amides is 2. The summed E-state index contributed by atoms with van der Waals surface area (Å²) in [6.45, 7) is 4.53. The second-order valence-electron chi connectivity index (χ2n) is 6.77. The number of hydrogen-bond donors (Lipinski definition) is 0. The van der Waals surface area contributed by atoms with E-state index < -0.39 is 0 Å². The molecule has 0 spiro atoms. The quantitative estimate of drug-likeness (QED) is 0.741. The Morgan fingerprint density at radius 3 is 2.35 bits per heavy atom. The second kappa shape index (κ2) is 7.99. The molecule has 138 valence electrons. The van der Waals surface area contributed by atoms with Crippen LogP contribution in [0.3, 0.4) is 0 Å². The minimum Gasteiger partial charge on any atom is -0.332 e. The lowest BCUT2D eigenvalue weighted by Gasteiger charge is -2.27. The van der Waals surface area contributed by atoms with Crippen LogP contribution >= 0.6 is 11.3 Å². The molecule has 0 atom stereocenters. The first kappa shape index (κ1) is 18.6. The summed E-state index contributed by atoms with van der Waals surface area (Å²) in [5.74, 6) is -0.436. The lowest BCUT2D eigenvalue weighted by atomic mass is 10.2. The fourth-order valence-electron chi connectivity index (χ4n) is 2.93. The van der Waals surface area contributed by atoms with Crippen LogP contribution in [0, 0.1) is 12.7 Å². The molecule has 2 aromatic rings. The van der Waals surface area contributed by atoms with Gasteiger partial charge in [0.15, 0.2) is 0 Å². The molecule has 1 heterocycles. The maximum absolute atomic E-state index is 13.2. The zero-order valence-corrected chi connectivity index (χ0v) is 15.9. The molecule has 0 radical (unpaired) electrons. The third-order valence-electron chi connectivity index (χ3n) is 4.48. The molecular formula is C20H23FN2O2S. The van der Waals surface area contributed by atoms with E-state index in [9.17, 15) is 14.0 Å². The van der Waals surface area contributed by atoms with Gasteiger partial charge in [-0.15, -0.1) is 11.3 Å². The monoisotopic (exact) mass is 374 g/mol. The maximum atomic E-state index is 13.2. The van der Waals surface area contributed by atoms with E-state index in [0.717, 1.165) is 23.3 Å². The summed E-state index contributed by atoms with van der Waals surface area (Å²) in [7, 11) is 0. The van der Waals surface area contributed by atoms with Crippen LogP contribution in [0.25, 0.3) is 0 Å². The van der Waals surface area contributed by atoms with Gasteiger partial charge in [0.05, 0.1) is 6.54 Å². The molecule has 1 aliphatic rings. The predicted octanol–water partition coefficient (Wildman–Crippen LogP) is 3.74. The lowest BCUT2D eigenvalue weighted by molar-refractivity contribution is -0.140. The van der Waals surface area contributed by atoms with Crippen LogP contribution < -0.4 is 0 Å². The number of benzene rings is 1. The molecule has 0 aliphatic heterocycles. The Balaban J connectivity index is 1.75. The highest BCUT2D eigenvalue weighted by molar-refractivity contribution is 7.11. The summed E-state index contributed by atoms with van der Waals surface area (Å²) in [4.78, 5) is 30.5. The van der Waals surface area contributed by atoms with Gasteiger partial charge < -0.3 is 9.80 Å². The van der Waals surface area contributed by atoms with Crippen molar-refractivity contribution in [2.24, 2.45) is 0 Å². The van der Waals surface area contributed by atoms with Crippen LogP contribution in [-0.2, 0) is 22.7 Å². The standard InChI is InChI=1S/C20H23FN2O2S/c1-14-3-10-19(26-14)12-22(11-16-4-6-17(21)7-5-16)20(25)13-23(15(2)24)18-8-9-18/h3-7,10,18H,8-9,11-13H2,1-2H3. The summed E-state index contributed by atoms with van der Waals surface area (Å²) < 4.78 is 13.2. The number of halogens is 1. The van der Waals surface area contributed by atoms with Crippen molar-refractivity contribution in [2.45, 2.75) is 45.8 Å². The van der Waals surface area contributed by atoms with Gasteiger partial charge in [-0.3, -0.25) is 9.59 Å². The molecule has 1 aromatic carbocycles. The fraction of sp³-hybridized carbons (Fsp3) is 0.400. The van der Waals surface area contributed by atoms with Gasteiger partial charge in [-0.25, -0.2) is 4.39 Å². The third kappa shape index (κ3) is 4.91. The van der Waals surface area contributed by atoms with E-state index in [0.29, 0.717) is 13.1 Å². The molecule has 1 aliphatic carbocycles. The minimum atomic E-state index is -0.294. The second-order valence-corrected chi connectivity index (χ2v) is 8.14. The van der Waals surface area contributed by atoms with E-state index >= 15 is 0 Å². The van der Waals surface area contributed by atoms with Gasteiger partial charge in [0.25, 0.3) is 0 Å². The van der Waals surface area contributed by atoms with Crippen LogP contribution in [0.1, 0.15) is 35.1 Å². The molecule has 2 amide bonds. The molecule has 6 heteroatoms. The number of nitrogens with zero attached hydrogens (tertiary/aromatic N) is 2. The van der Waals surface area contributed by atoms with Crippen molar-refractivity contribution in [1.29, 1.82) is 0 Å².